The molecular formula is C22H29N7O2S. The molecule has 0 atom stereocenters. The van der Waals surface area contributed by atoms with E-state index in [0.29, 0.717) is 11.6 Å². The number of piperidine rings is 1. The van der Waals surface area contributed by atoms with Crippen LogP contribution in [0.15, 0.2) is 47.9 Å². The molecule has 3 heterocycles. The van der Waals surface area contributed by atoms with E-state index in [1.54, 1.807) is 28.8 Å². The summed E-state index contributed by atoms with van der Waals surface area (Å²) >= 11 is 0. The van der Waals surface area contributed by atoms with Crippen molar-refractivity contribution in [1.29, 1.82) is 0 Å². The Kier molecular flexibility index (Phi) is 6.31. The van der Waals surface area contributed by atoms with Crippen molar-refractivity contribution in [2.24, 2.45) is 0 Å². The van der Waals surface area contributed by atoms with Crippen LogP contribution in [0.4, 0.5) is 23.1 Å². The Morgan fingerprint density at radius 3 is 2.34 bits per heavy atom. The molecule has 0 aliphatic carbocycles. The smallest absolute Gasteiger partial charge is 0.280 e. The van der Waals surface area contributed by atoms with E-state index in [9.17, 15) is 8.42 Å². The zero-order valence-corrected chi connectivity index (χ0v) is 19.4. The molecule has 1 saturated heterocycles. The van der Waals surface area contributed by atoms with Crippen molar-refractivity contribution in [3.63, 3.8) is 0 Å². The van der Waals surface area contributed by atoms with Crippen molar-refractivity contribution >= 4 is 33.2 Å². The van der Waals surface area contributed by atoms with Gasteiger partial charge in [-0.15, -0.1) is 0 Å². The van der Waals surface area contributed by atoms with Crippen molar-refractivity contribution in [2.75, 3.05) is 28.0 Å². The highest BCUT2D eigenvalue weighted by molar-refractivity contribution is 7.92. The molecule has 0 amide bonds. The molecule has 1 fully saturated rings. The first-order chi connectivity index (χ1) is 15.3. The lowest BCUT2D eigenvalue weighted by atomic mass is 10.1. The minimum Gasteiger partial charge on any atom is -0.356 e. The fourth-order valence-corrected chi connectivity index (χ4v) is 4.59. The lowest BCUT2D eigenvalue weighted by molar-refractivity contribution is 0.573. The summed E-state index contributed by atoms with van der Waals surface area (Å²) in [5.74, 6) is 1.46. The summed E-state index contributed by atoms with van der Waals surface area (Å²) in [6, 6.07) is 9.11. The third-order valence-corrected chi connectivity index (χ3v) is 6.63. The van der Waals surface area contributed by atoms with Gasteiger partial charge in [0, 0.05) is 48.5 Å². The molecule has 0 radical (unpaired) electrons. The molecule has 1 aromatic carbocycles. The van der Waals surface area contributed by atoms with Gasteiger partial charge in [0.05, 0.1) is 6.33 Å². The molecule has 1 aliphatic heterocycles. The number of hydrogen-bond donors (Lipinski definition) is 2. The molecule has 32 heavy (non-hydrogen) atoms. The molecule has 0 unspecified atom stereocenters. The maximum absolute atomic E-state index is 12.6. The van der Waals surface area contributed by atoms with Crippen LogP contribution in [0.5, 0.6) is 0 Å². The van der Waals surface area contributed by atoms with Gasteiger partial charge in [0.25, 0.3) is 10.0 Å². The first-order valence-corrected chi connectivity index (χ1v) is 12.3. The van der Waals surface area contributed by atoms with Crippen molar-refractivity contribution in [3.05, 3.63) is 48.5 Å². The predicted octanol–water partition coefficient (Wildman–Crippen LogP) is 4.10. The number of aromatic nitrogens is 4. The summed E-state index contributed by atoms with van der Waals surface area (Å²) in [6.45, 7) is 7.91. The summed E-state index contributed by atoms with van der Waals surface area (Å²) in [4.78, 5) is 15.5. The van der Waals surface area contributed by atoms with Gasteiger partial charge in [-0.1, -0.05) is 0 Å². The third-order valence-electron chi connectivity index (χ3n) is 5.36. The first kappa shape index (κ1) is 22.1. The summed E-state index contributed by atoms with van der Waals surface area (Å²) < 4.78 is 29.5. The number of anilines is 4. The second-order valence-corrected chi connectivity index (χ2v) is 9.93. The molecule has 3 aromatic rings. The number of nitrogens with zero attached hydrogens (tertiary/aromatic N) is 5. The lowest BCUT2D eigenvalue weighted by Gasteiger charge is -2.28. The Balaban J connectivity index is 1.45. The number of sulfonamides is 1. The van der Waals surface area contributed by atoms with Crippen LogP contribution < -0.4 is 14.9 Å². The van der Waals surface area contributed by atoms with E-state index in [2.05, 4.69) is 29.9 Å². The van der Waals surface area contributed by atoms with Crippen molar-refractivity contribution in [3.8, 4) is 0 Å². The standard InChI is InChI=1S/C22H29N7O2S/c1-16(2)29-14-21(23-15-29)32(30,31)27-19-9-7-18(8-10-19)25-22-24-17(3)13-20(26-22)28-11-5-4-6-12-28/h7-10,13-16,27H,4-6,11-12H2,1-3H3,(H,24,25,26). The molecule has 2 aromatic heterocycles. The Bertz CT molecular complexity index is 1170. The average molecular weight is 456 g/mol. The second-order valence-electron chi connectivity index (χ2n) is 8.30. The Morgan fingerprint density at radius 1 is 1.00 bits per heavy atom. The van der Waals surface area contributed by atoms with Crippen LogP contribution in [0, 0.1) is 6.92 Å². The largest absolute Gasteiger partial charge is 0.356 e. The zero-order valence-electron chi connectivity index (χ0n) is 18.6. The minimum atomic E-state index is -3.75. The quantitative estimate of drug-likeness (QED) is 0.553. The molecule has 9 nitrogen and oxygen atoms in total. The van der Waals surface area contributed by atoms with E-state index in [4.69, 9.17) is 0 Å². The second kappa shape index (κ2) is 9.15. The Hall–Kier alpha value is -3.14. The molecule has 4 rings (SSSR count). The molecule has 10 heteroatoms. The number of rotatable bonds is 7. The molecule has 170 valence electrons. The number of imidazole rings is 1. The van der Waals surface area contributed by atoms with Gasteiger partial charge in [-0.05, 0) is 64.3 Å². The molecule has 2 N–H and O–H groups in total. The normalized spacial score (nSPS) is 14.6. The van der Waals surface area contributed by atoms with Crippen LogP contribution in [0.25, 0.3) is 0 Å². The zero-order chi connectivity index (χ0) is 22.7. The molecule has 1 aliphatic rings. The van der Waals surface area contributed by atoms with Crippen molar-refractivity contribution < 1.29 is 8.42 Å². The minimum absolute atomic E-state index is 0.00759. The molecule has 0 spiro atoms. The number of hydrogen-bond acceptors (Lipinski definition) is 7. The predicted molar refractivity (Wildman–Crippen MR) is 126 cm³/mol. The van der Waals surface area contributed by atoms with E-state index < -0.39 is 10.0 Å². The van der Waals surface area contributed by atoms with Crippen LogP contribution in [-0.2, 0) is 10.0 Å². The van der Waals surface area contributed by atoms with Crippen LogP contribution in [-0.4, -0.2) is 41.0 Å². The van der Waals surface area contributed by atoms with Crippen LogP contribution in [0.3, 0.4) is 0 Å². The van der Waals surface area contributed by atoms with Crippen molar-refractivity contribution in [1.82, 2.24) is 19.5 Å². The lowest BCUT2D eigenvalue weighted by Crippen LogP contribution is -2.30. The highest BCUT2D eigenvalue weighted by atomic mass is 32.2. The monoisotopic (exact) mass is 455 g/mol. The summed E-state index contributed by atoms with van der Waals surface area (Å²) in [6.07, 6.45) is 6.67. The van der Waals surface area contributed by atoms with E-state index in [1.165, 1.54) is 31.8 Å². The molecule has 0 saturated carbocycles. The topological polar surface area (TPSA) is 105 Å². The van der Waals surface area contributed by atoms with Gasteiger partial charge < -0.3 is 14.8 Å². The van der Waals surface area contributed by atoms with E-state index in [1.807, 2.05) is 26.8 Å². The summed E-state index contributed by atoms with van der Waals surface area (Å²) in [5, 5.41) is 3.21. The van der Waals surface area contributed by atoms with Crippen LogP contribution >= 0.6 is 0 Å². The third kappa shape index (κ3) is 5.18. The number of aryl methyl sites for hydroxylation is 1. The van der Waals surface area contributed by atoms with Gasteiger partial charge in [-0.3, -0.25) is 4.72 Å². The fraction of sp³-hybridized carbons (Fsp3) is 0.409. The maximum atomic E-state index is 12.6. The number of benzene rings is 1. The van der Waals surface area contributed by atoms with Gasteiger partial charge in [-0.25, -0.2) is 9.97 Å². The van der Waals surface area contributed by atoms with Gasteiger partial charge in [0.1, 0.15) is 5.82 Å². The highest BCUT2D eigenvalue weighted by Crippen LogP contribution is 2.23. The summed E-state index contributed by atoms with van der Waals surface area (Å²) in [7, 11) is -3.75. The average Bonchev–Trinajstić information content (AvgIpc) is 3.27. The van der Waals surface area contributed by atoms with E-state index >= 15 is 0 Å². The molecular weight excluding hydrogens is 426 g/mol. The fourth-order valence-electron chi connectivity index (χ4n) is 3.59. The van der Waals surface area contributed by atoms with Crippen LogP contribution in [0.1, 0.15) is 44.8 Å². The Labute approximate surface area is 189 Å². The van der Waals surface area contributed by atoms with Gasteiger partial charge >= 0.3 is 0 Å². The van der Waals surface area contributed by atoms with Gasteiger partial charge in [-0.2, -0.15) is 13.4 Å². The van der Waals surface area contributed by atoms with E-state index in [-0.39, 0.29) is 11.1 Å². The SMILES string of the molecule is Cc1cc(N2CCCCC2)nc(Nc2ccc(NS(=O)(=O)c3cn(C(C)C)cn3)cc2)n1. The Morgan fingerprint density at radius 2 is 1.69 bits per heavy atom. The van der Waals surface area contributed by atoms with Crippen LogP contribution in [0.2, 0.25) is 0 Å². The van der Waals surface area contributed by atoms with E-state index in [0.717, 1.165) is 30.3 Å². The van der Waals surface area contributed by atoms with Crippen molar-refractivity contribution in [2.45, 2.75) is 51.1 Å². The highest BCUT2D eigenvalue weighted by Gasteiger charge is 2.18. The molecule has 0 bridgehead atoms. The van der Waals surface area contributed by atoms with Gasteiger partial charge in [0.15, 0.2) is 5.03 Å². The first-order valence-electron chi connectivity index (χ1n) is 10.8. The van der Waals surface area contributed by atoms with Gasteiger partial charge in [0.2, 0.25) is 5.95 Å². The number of nitrogens with one attached hydrogen (secondary N) is 2. The summed E-state index contributed by atoms with van der Waals surface area (Å²) in [5.41, 5.74) is 2.12. The maximum Gasteiger partial charge on any atom is 0.280 e.